The first-order chi connectivity index (χ1) is 15.2. The summed E-state index contributed by atoms with van der Waals surface area (Å²) in [5.74, 6) is -0.0150. The molecule has 1 aliphatic heterocycles. The van der Waals surface area contributed by atoms with Gasteiger partial charge in [-0.05, 0) is 42.8 Å². The van der Waals surface area contributed by atoms with E-state index < -0.39 is 21.6 Å². The van der Waals surface area contributed by atoms with E-state index in [4.69, 9.17) is 4.74 Å². The van der Waals surface area contributed by atoms with Gasteiger partial charge in [0.2, 0.25) is 10.0 Å². The first-order valence-electron chi connectivity index (χ1n) is 9.40. The highest BCUT2D eigenvalue weighted by atomic mass is 32.2. The van der Waals surface area contributed by atoms with Crippen molar-refractivity contribution in [3.63, 3.8) is 0 Å². The fourth-order valence-corrected chi connectivity index (χ4v) is 4.51. The Morgan fingerprint density at radius 3 is 2.47 bits per heavy atom. The third-order valence-corrected chi connectivity index (χ3v) is 6.54. The van der Waals surface area contributed by atoms with Crippen LogP contribution in [0.15, 0.2) is 52.5 Å². The number of nitrogens with zero attached hydrogens (tertiary/aromatic N) is 3. The molecule has 0 saturated carbocycles. The van der Waals surface area contributed by atoms with E-state index in [9.17, 15) is 27.3 Å². The molecule has 1 saturated heterocycles. The molecule has 1 fully saturated rings. The van der Waals surface area contributed by atoms with Crippen molar-refractivity contribution in [3.05, 3.63) is 58.1 Å². The van der Waals surface area contributed by atoms with E-state index in [2.05, 4.69) is 15.3 Å². The number of alkyl halides is 2. The lowest BCUT2D eigenvalue weighted by Gasteiger charge is -2.26. The summed E-state index contributed by atoms with van der Waals surface area (Å²) in [6.07, 6.45) is 0. The molecule has 1 heterocycles. The van der Waals surface area contributed by atoms with Crippen LogP contribution < -0.4 is 10.2 Å². The van der Waals surface area contributed by atoms with Gasteiger partial charge < -0.3 is 9.47 Å². The van der Waals surface area contributed by atoms with Crippen LogP contribution in [0.3, 0.4) is 0 Å². The van der Waals surface area contributed by atoms with Crippen LogP contribution in [0, 0.1) is 10.1 Å². The number of sulfonamides is 1. The van der Waals surface area contributed by atoms with Gasteiger partial charge in [-0.1, -0.05) is 0 Å². The van der Waals surface area contributed by atoms with Gasteiger partial charge in [-0.25, -0.2) is 8.42 Å². The van der Waals surface area contributed by atoms with E-state index in [0.717, 1.165) is 6.07 Å². The zero-order chi connectivity index (χ0) is 23.3. The first-order valence-corrected chi connectivity index (χ1v) is 10.8. The van der Waals surface area contributed by atoms with E-state index >= 15 is 0 Å². The van der Waals surface area contributed by atoms with Crippen LogP contribution in [0.4, 0.5) is 20.2 Å². The van der Waals surface area contributed by atoms with Crippen molar-refractivity contribution in [2.45, 2.75) is 18.4 Å². The number of anilines is 1. The fourth-order valence-electron chi connectivity index (χ4n) is 2.94. The Bertz CT molecular complexity index is 1100. The lowest BCUT2D eigenvalue weighted by atomic mass is 10.1. The third-order valence-electron chi connectivity index (χ3n) is 4.61. The van der Waals surface area contributed by atoms with Crippen LogP contribution in [0.5, 0.6) is 5.75 Å². The summed E-state index contributed by atoms with van der Waals surface area (Å²) >= 11 is 0. The molecule has 0 aliphatic carbocycles. The second-order valence-electron chi connectivity index (χ2n) is 6.67. The molecule has 0 spiro atoms. The molecular formula is C19H20F2N4O6S. The fraction of sp³-hybridized carbons (Fsp3) is 0.316. The maximum atomic E-state index is 13.1. The minimum atomic E-state index is -4.05. The molecule has 1 aliphatic rings. The molecule has 0 atom stereocenters. The summed E-state index contributed by atoms with van der Waals surface area (Å²) in [6.45, 7) is -0.623. The predicted octanol–water partition coefficient (Wildman–Crippen LogP) is 3.05. The quantitative estimate of drug-likeness (QED) is 0.357. The SMILES string of the molecule is C/C(=N/Nc1ccc([N+](=O)[O-])cc1S(=O)(=O)N1CCOCC1)c1ccc(OC(F)F)cc1. The molecule has 0 amide bonds. The standard InChI is InChI=1S/C19H20F2N4O6S/c1-13(14-2-5-16(6-3-14)31-19(20)21)22-23-17-7-4-15(25(26)27)12-18(17)32(28,29)24-8-10-30-11-9-24/h2-7,12,19,23H,8-11H2,1H3/b22-13-. The Balaban J connectivity index is 1.89. The van der Waals surface area contributed by atoms with Gasteiger partial charge in [0.05, 0.1) is 29.5 Å². The van der Waals surface area contributed by atoms with Crippen molar-refractivity contribution in [2.75, 3.05) is 31.7 Å². The van der Waals surface area contributed by atoms with Crippen molar-refractivity contribution < 1.29 is 31.6 Å². The highest BCUT2D eigenvalue weighted by Crippen LogP contribution is 2.29. The van der Waals surface area contributed by atoms with Crippen LogP contribution in [-0.4, -0.2) is 56.3 Å². The summed E-state index contributed by atoms with van der Waals surface area (Å²) < 4.78 is 61.4. The molecule has 2 aromatic rings. The number of ether oxygens (including phenoxy) is 2. The number of halogens is 2. The molecule has 172 valence electrons. The predicted molar refractivity (Wildman–Crippen MR) is 112 cm³/mol. The van der Waals surface area contributed by atoms with Gasteiger partial charge in [0.25, 0.3) is 5.69 Å². The largest absolute Gasteiger partial charge is 0.435 e. The summed E-state index contributed by atoms with van der Waals surface area (Å²) in [7, 11) is -4.05. The number of rotatable bonds is 8. The van der Waals surface area contributed by atoms with Gasteiger partial charge in [-0.2, -0.15) is 18.2 Å². The van der Waals surface area contributed by atoms with E-state index in [0.29, 0.717) is 11.3 Å². The maximum Gasteiger partial charge on any atom is 0.387 e. The minimum absolute atomic E-state index is 0.0150. The topological polar surface area (TPSA) is 123 Å². The first kappa shape index (κ1) is 23.5. The molecule has 0 unspecified atom stereocenters. The molecule has 1 N–H and O–H groups in total. The smallest absolute Gasteiger partial charge is 0.387 e. The van der Waals surface area contributed by atoms with Gasteiger partial charge in [-0.3, -0.25) is 15.5 Å². The van der Waals surface area contributed by atoms with Crippen molar-refractivity contribution >= 4 is 27.1 Å². The average molecular weight is 470 g/mol. The van der Waals surface area contributed by atoms with Gasteiger partial charge in [0, 0.05) is 25.2 Å². The minimum Gasteiger partial charge on any atom is -0.435 e. The van der Waals surface area contributed by atoms with Crippen molar-refractivity contribution in [1.29, 1.82) is 0 Å². The Morgan fingerprint density at radius 1 is 1.22 bits per heavy atom. The molecule has 0 aromatic heterocycles. The molecule has 13 heteroatoms. The molecule has 2 aromatic carbocycles. The third kappa shape index (κ3) is 5.55. The van der Waals surface area contributed by atoms with Crippen LogP contribution in [0.25, 0.3) is 0 Å². The van der Waals surface area contributed by atoms with E-state index in [-0.39, 0.29) is 48.3 Å². The zero-order valence-corrected chi connectivity index (χ0v) is 17.7. The number of hydrogen-bond acceptors (Lipinski definition) is 8. The van der Waals surface area contributed by atoms with Crippen LogP contribution in [0.2, 0.25) is 0 Å². The lowest BCUT2D eigenvalue weighted by Crippen LogP contribution is -2.40. The second kappa shape index (κ2) is 9.97. The highest BCUT2D eigenvalue weighted by Gasteiger charge is 2.30. The average Bonchev–Trinajstić information content (AvgIpc) is 2.78. The summed E-state index contributed by atoms with van der Waals surface area (Å²) in [5.41, 5.74) is 3.31. The lowest BCUT2D eigenvalue weighted by molar-refractivity contribution is -0.385. The Morgan fingerprint density at radius 2 is 1.88 bits per heavy atom. The number of morpholine rings is 1. The van der Waals surface area contributed by atoms with Gasteiger partial charge in [0.1, 0.15) is 10.6 Å². The van der Waals surface area contributed by atoms with E-state index in [1.165, 1.54) is 40.7 Å². The molecule has 0 bridgehead atoms. The number of hydrogen-bond donors (Lipinski definition) is 1. The number of nitro groups is 1. The molecule has 0 radical (unpaired) electrons. The Kier molecular flexibility index (Phi) is 7.33. The van der Waals surface area contributed by atoms with Crippen LogP contribution >= 0.6 is 0 Å². The number of nitro benzene ring substituents is 1. The number of benzene rings is 2. The number of hydrazone groups is 1. The van der Waals surface area contributed by atoms with Crippen LogP contribution in [-0.2, 0) is 14.8 Å². The second-order valence-corrected chi connectivity index (χ2v) is 8.57. The Hall–Kier alpha value is -3.16. The maximum absolute atomic E-state index is 13.1. The van der Waals surface area contributed by atoms with E-state index in [1.807, 2.05) is 0 Å². The summed E-state index contributed by atoms with van der Waals surface area (Å²) in [4.78, 5) is 10.2. The monoisotopic (exact) mass is 470 g/mol. The van der Waals surface area contributed by atoms with Crippen molar-refractivity contribution in [2.24, 2.45) is 5.10 Å². The van der Waals surface area contributed by atoms with Crippen molar-refractivity contribution in [3.8, 4) is 5.75 Å². The van der Waals surface area contributed by atoms with Crippen molar-refractivity contribution in [1.82, 2.24) is 4.31 Å². The molecule has 32 heavy (non-hydrogen) atoms. The number of nitrogens with one attached hydrogen (secondary N) is 1. The van der Waals surface area contributed by atoms with Gasteiger partial charge >= 0.3 is 6.61 Å². The summed E-state index contributed by atoms with van der Waals surface area (Å²) in [6, 6.07) is 9.14. The van der Waals surface area contributed by atoms with Gasteiger partial charge in [-0.15, -0.1) is 0 Å². The normalized spacial score (nSPS) is 15.6. The van der Waals surface area contributed by atoms with Crippen LogP contribution in [0.1, 0.15) is 12.5 Å². The zero-order valence-electron chi connectivity index (χ0n) is 16.9. The molecule has 10 nitrogen and oxygen atoms in total. The Labute approximate surface area is 182 Å². The number of non-ortho nitro benzene ring substituents is 1. The summed E-state index contributed by atoms with van der Waals surface area (Å²) in [5, 5.41) is 15.3. The molecular weight excluding hydrogens is 450 g/mol. The highest BCUT2D eigenvalue weighted by molar-refractivity contribution is 7.89. The molecule has 3 rings (SSSR count). The van der Waals surface area contributed by atoms with E-state index in [1.54, 1.807) is 6.92 Å². The van der Waals surface area contributed by atoms with Gasteiger partial charge in [0.15, 0.2) is 0 Å².